The zero-order valence-electron chi connectivity index (χ0n) is 9.64. The van der Waals surface area contributed by atoms with Gasteiger partial charge in [0.15, 0.2) is 17.1 Å². The Bertz CT molecular complexity index is 664. The number of pyridine rings is 1. The molecule has 2 heterocycles. The summed E-state index contributed by atoms with van der Waals surface area (Å²) in [5, 5.41) is 0. The Morgan fingerprint density at radius 1 is 0.944 bits per heavy atom. The number of aromatic nitrogens is 2. The summed E-state index contributed by atoms with van der Waals surface area (Å²) in [5.41, 5.74) is 2.68. The minimum Gasteiger partial charge on any atom is -0.439 e. The van der Waals surface area contributed by atoms with Gasteiger partial charge in [-0.05, 0) is 40.0 Å². The predicted molar refractivity (Wildman–Crippen MR) is 73.4 cm³/mol. The molecule has 18 heavy (non-hydrogen) atoms. The van der Waals surface area contributed by atoms with Gasteiger partial charge in [-0.3, -0.25) is 0 Å². The Morgan fingerprint density at radius 2 is 1.78 bits per heavy atom. The Hall–Kier alpha value is -1.68. The van der Waals surface area contributed by atoms with Crippen LogP contribution in [0.15, 0.2) is 51.5 Å². The Kier molecular flexibility index (Phi) is 3.11. The van der Waals surface area contributed by atoms with Crippen LogP contribution in [-0.2, 0) is 12.8 Å². The monoisotopic (exact) mass is 302 g/mol. The van der Waals surface area contributed by atoms with Crippen molar-refractivity contribution in [1.29, 1.82) is 0 Å². The molecule has 0 atom stereocenters. The largest absolute Gasteiger partial charge is 0.439 e. The average molecular weight is 303 g/mol. The summed E-state index contributed by atoms with van der Waals surface area (Å²) in [6.07, 6.45) is 1.72. The fourth-order valence-corrected chi connectivity index (χ4v) is 2.14. The number of hydrogen-bond donors (Lipinski definition) is 0. The summed E-state index contributed by atoms with van der Waals surface area (Å²) in [6, 6.07) is 14.1. The van der Waals surface area contributed by atoms with Crippen molar-refractivity contribution in [3.05, 3.63) is 58.5 Å². The van der Waals surface area contributed by atoms with Crippen LogP contribution < -0.4 is 0 Å². The Labute approximate surface area is 113 Å². The van der Waals surface area contributed by atoms with Crippen LogP contribution in [0.2, 0.25) is 0 Å². The highest BCUT2D eigenvalue weighted by molar-refractivity contribution is 9.10. The van der Waals surface area contributed by atoms with Crippen molar-refractivity contribution in [2.45, 2.75) is 12.8 Å². The lowest BCUT2D eigenvalue weighted by Gasteiger charge is -1.96. The van der Waals surface area contributed by atoms with Crippen LogP contribution >= 0.6 is 15.9 Å². The molecule has 0 unspecified atom stereocenters. The lowest BCUT2D eigenvalue weighted by molar-refractivity contribution is 0.528. The van der Waals surface area contributed by atoms with Gasteiger partial charge >= 0.3 is 0 Å². The van der Waals surface area contributed by atoms with E-state index in [1.807, 2.05) is 30.3 Å². The number of rotatable bonds is 3. The van der Waals surface area contributed by atoms with Crippen LogP contribution in [0, 0.1) is 0 Å². The second-order valence-electron chi connectivity index (χ2n) is 4.05. The van der Waals surface area contributed by atoms with Crippen molar-refractivity contribution < 1.29 is 4.42 Å². The van der Waals surface area contributed by atoms with E-state index in [0.717, 1.165) is 28.9 Å². The number of hydrogen-bond acceptors (Lipinski definition) is 3. The van der Waals surface area contributed by atoms with Gasteiger partial charge in [0, 0.05) is 6.42 Å². The molecular formula is C14H11BrN2O. The molecule has 0 saturated heterocycles. The lowest BCUT2D eigenvalue weighted by atomic mass is 10.1. The van der Waals surface area contributed by atoms with Gasteiger partial charge in [0.05, 0.1) is 0 Å². The van der Waals surface area contributed by atoms with Gasteiger partial charge in [-0.1, -0.05) is 30.3 Å². The molecule has 0 spiro atoms. The normalized spacial score (nSPS) is 10.9. The van der Waals surface area contributed by atoms with Gasteiger partial charge in [-0.2, -0.15) is 4.98 Å². The molecule has 0 aliphatic rings. The topological polar surface area (TPSA) is 38.9 Å². The minimum atomic E-state index is 0.660. The maximum atomic E-state index is 5.65. The zero-order valence-corrected chi connectivity index (χ0v) is 11.2. The first-order valence-corrected chi connectivity index (χ1v) is 6.56. The van der Waals surface area contributed by atoms with E-state index in [9.17, 15) is 0 Å². The molecular weight excluding hydrogens is 292 g/mol. The molecule has 2 aromatic heterocycles. The summed E-state index contributed by atoms with van der Waals surface area (Å²) in [6.45, 7) is 0. The van der Waals surface area contributed by atoms with Gasteiger partial charge in [0.1, 0.15) is 4.60 Å². The van der Waals surface area contributed by atoms with E-state index in [-0.39, 0.29) is 0 Å². The molecule has 0 aliphatic heterocycles. The molecule has 3 nitrogen and oxygen atoms in total. The fourth-order valence-electron chi connectivity index (χ4n) is 1.84. The SMILES string of the molecule is Brc1ccc2oc(CCc3ccccc3)nc2n1. The third-order valence-electron chi connectivity index (χ3n) is 2.73. The summed E-state index contributed by atoms with van der Waals surface area (Å²) in [5.74, 6) is 0.736. The highest BCUT2D eigenvalue weighted by atomic mass is 79.9. The maximum Gasteiger partial charge on any atom is 0.199 e. The molecule has 4 heteroatoms. The number of benzene rings is 1. The molecule has 3 rings (SSSR count). The van der Waals surface area contributed by atoms with Crippen LogP contribution in [0.4, 0.5) is 0 Å². The molecule has 0 radical (unpaired) electrons. The Balaban J connectivity index is 1.79. The smallest absolute Gasteiger partial charge is 0.199 e. The van der Waals surface area contributed by atoms with Gasteiger partial charge in [-0.25, -0.2) is 4.98 Å². The lowest BCUT2D eigenvalue weighted by Crippen LogP contribution is -1.90. The van der Waals surface area contributed by atoms with Gasteiger partial charge < -0.3 is 4.42 Å². The summed E-state index contributed by atoms with van der Waals surface area (Å²) < 4.78 is 6.43. The zero-order chi connectivity index (χ0) is 12.4. The molecule has 1 aromatic carbocycles. The van der Waals surface area contributed by atoms with E-state index in [2.05, 4.69) is 38.0 Å². The molecule has 0 bridgehead atoms. The molecule has 0 saturated carbocycles. The van der Waals surface area contributed by atoms with Crippen LogP contribution in [0.1, 0.15) is 11.5 Å². The summed E-state index contributed by atoms with van der Waals surface area (Å²) in [7, 11) is 0. The van der Waals surface area contributed by atoms with Crippen molar-refractivity contribution in [3.8, 4) is 0 Å². The molecule has 0 fully saturated rings. The molecule has 90 valence electrons. The van der Waals surface area contributed by atoms with Crippen LogP contribution in [-0.4, -0.2) is 9.97 Å². The standard InChI is InChI=1S/C14H11BrN2O/c15-12-8-7-11-14(16-12)17-13(18-11)9-6-10-4-2-1-3-5-10/h1-5,7-8H,6,9H2. The van der Waals surface area contributed by atoms with Crippen molar-refractivity contribution in [3.63, 3.8) is 0 Å². The second kappa shape index (κ2) is 4.90. The third kappa shape index (κ3) is 2.43. The van der Waals surface area contributed by atoms with E-state index in [1.54, 1.807) is 0 Å². The van der Waals surface area contributed by atoms with E-state index in [4.69, 9.17) is 4.42 Å². The number of aryl methyl sites for hydroxylation is 2. The second-order valence-corrected chi connectivity index (χ2v) is 4.86. The first kappa shape index (κ1) is 11.4. The predicted octanol–water partition coefficient (Wildman–Crippen LogP) is 3.77. The van der Waals surface area contributed by atoms with E-state index in [1.165, 1.54) is 5.56 Å². The first-order valence-electron chi connectivity index (χ1n) is 5.77. The van der Waals surface area contributed by atoms with Crippen LogP contribution in [0.5, 0.6) is 0 Å². The summed E-state index contributed by atoms with van der Waals surface area (Å²) in [4.78, 5) is 8.64. The van der Waals surface area contributed by atoms with Gasteiger partial charge in [0.2, 0.25) is 0 Å². The van der Waals surface area contributed by atoms with E-state index < -0.39 is 0 Å². The highest BCUT2D eigenvalue weighted by Crippen LogP contribution is 2.17. The maximum absolute atomic E-state index is 5.65. The van der Waals surface area contributed by atoms with Crippen LogP contribution in [0.25, 0.3) is 11.2 Å². The number of halogens is 1. The highest BCUT2D eigenvalue weighted by Gasteiger charge is 2.07. The van der Waals surface area contributed by atoms with Crippen molar-refractivity contribution in [2.24, 2.45) is 0 Å². The summed E-state index contributed by atoms with van der Waals surface area (Å²) >= 11 is 3.32. The van der Waals surface area contributed by atoms with Gasteiger partial charge in [-0.15, -0.1) is 0 Å². The fraction of sp³-hybridized carbons (Fsp3) is 0.143. The average Bonchev–Trinajstić information content (AvgIpc) is 2.79. The van der Waals surface area contributed by atoms with Crippen LogP contribution in [0.3, 0.4) is 0 Å². The van der Waals surface area contributed by atoms with E-state index >= 15 is 0 Å². The van der Waals surface area contributed by atoms with Crippen molar-refractivity contribution >= 4 is 27.2 Å². The molecule has 0 amide bonds. The number of nitrogens with zero attached hydrogens (tertiary/aromatic N) is 2. The van der Waals surface area contributed by atoms with Crippen molar-refractivity contribution in [1.82, 2.24) is 9.97 Å². The molecule has 0 aliphatic carbocycles. The number of oxazole rings is 1. The molecule has 0 N–H and O–H groups in total. The Morgan fingerprint density at radius 3 is 2.61 bits per heavy atom. The van der Waals surface area contributed by atoms with Gasteiger partial charge in [0.25, 0.3) is 0 Å². The van der Waals surface area contributed by atoms with Crippen molar-refractivity contribution in [2.75, 3.05) is 0 Å². The first-order chi connectivity index (χ1) is 8.81. The third-order valence-corrected chi connectivity index (χ3v) is 3.18. The quantitative estimate of drug-likeness (QED) is 0.691. The number of fused-ring (bicyclic) bond motifs is 1. The van der Waals surface area contributed by atoms with E-state index in [0.29, 0.717) is 5.65 Å². The minimum absolute atomic E-state index is 0.660. The molecule has 3 aromatic rings.